The standard InChI is InChI=1S/C26H31IN2O5/c1-3-24(31)29(16-18-10-8-17(2)9-11-18)21-14-19(26(33)28-12-13-30)15-23(25(21)32)34-22-7-5-4-6-20(22)27/h4-11,15,21,23,25,30,32H,3,12-14,16H2,1-2H3,(H,28,33)/t21-,23+,25+/m1/s1. The molecule has 182 valence electrons. The molecule has 34 heavy (non-hydrogen) atoms. The van der Waals surface area contributed by atoms with E-state index in [2.05, 4.69) is 27.9 Å². The molecule has 2 aromatic rings. The van der Waals surface area contributed by atoms with E-state index in [9.17, 15) is 14.7 Å². The van der Waals surface area contributed by atoms with Gasteiger partial charge < -0.3 is 25.2 Å². The second kappa shape index (κ2) is 12.3. The van der Waals surface area contributed by atoms with E-state index in [1.54, 1.807) is 24.0 Å². The number of carbonyl (C=O) groups is 2. The van der Waals surface area contributed by atoms with E-state index < -0.39 is 18.2 Å². The minimum Gasteiger partial charge on any atom is -0.482 e. The Balaban J connectivity index is 1.95. The van der Waals surface area contributed by atoms with Crippen molar-refractivity contribution in [3.8, 4) is 5.75 Å². The molecule has 1 aliphatic carbocycles. The van der Waals surface area contributed by atoms with Crippen molar-refractivity contribution in [2.24, 2.45) is 0 Å². The number of hydrogen-bond donors (Lipinski definition) is 3. The quantitative estimate of drug-likeness (QED) is 0.398. The van der Waals surface area contributed by atoms with Gasteiger partial charge in [-0.25, -0.2) is 0 Å². The smallest absolute Gasteiger partial charge is 0.247 e. The highest BCUT2D eigenvalue weighted by Crippen LogP contribution is 2.30. The van der Waals surface area contributed by atoms with Crippen LogP contribution in [0.2, 0.25) is 0 Å². The van der Waals surface area contributed by atoms with Gasteiger partial charge in [0.1, 0.15) is 18.0 Å². The first kappa shape index (κ1) is 26.2. The minimum absolute atomic E-state index is 0.116. The lowest BCUT2D eigenvalue weighted by Gasteiger charge is -2.40. The number of rotatable bonds is 9. The van der Waals surface area contributed by atoms with Gasteiger partial charge in [0.15, 0.2) is 0 Å². The predicted octanol–water partition coefficient (Wildman–Crippen LogP) is 2.95. The SMILES string of the molecule is CCC(=O)N(Cc1ccc(C)cc1)[C@@H]1CC(C(=O)NCCO)=C[C@H](Oc2ccccc2I)[C@H]1O. The van der Waals surface area contributed by atoms with E-state index in [-0.39, 0.29) is 37.8 Å². The van der Waals surface area contributed by atoms with Gasteiger partial charge in [-0.1, -0.05) is 48.9 Å². The molecule has 0 bridgehead atoms. The van der Waals surface area contributed by atoms with E-state index in [4.69, 9.17) is 9.84 Å². The maximum atomic E-state index is 13.0. The van der Waals surface area contributed by atoms with Crippen molar-refractivity contribution < 1.29 is 24.5 Å². The molecule has 0 aromatic heterocycles. The molecule has 0 saturated heterocycles. The van der Waals surface area contributed by atoms with Crippen molar-refractivity contribution in [3.05, 3.63) is 74.9 Å². The van der Waals surface area contributed by atoms with Crippen LogP contribution in [0, 0.1) is 10.5 Å². The van der Waals surface area contributed by atoms with Gasteiger partial charge in [0.2, 0.25) is 11.8 Å². The molecular formula is C26H31IN2O5. The zero-order valence-electron chi connectivity index (χ0n) is 19.4. The van der Waals surface area contributed by atoms with E-state index in [0.717, 1.165) is 14.7 Å². The molecular weight excluding hydrogens is 547 g/mol. The molecule has 3 atom stereocenters. The van der Waals surface area contributed by atoms with Crippen LogP contribution in [0.15, 0.2) is 60.2 Å². The Kier molecular flexibility index (Phi) is 9.49. The van der Waals surface area contributed by atoms with E-state index in [1.807, 2.05) is 49.4 Å². The van der Waals surface area contributed by atoms with E-state index in [0.29, 0.717) is 17.9 Å². The number of aliphatic hydroxyl groups is 2. The molecule has 0 saturated carbocycles. The second-order valence-corrected chi connectivity index (χ2v) is 9.47. The van der Waals surface area contributed by atoms with Crippen molar-refractivity contribution in [2.45, 2.75) is 51.5 Å². The summed E-state index contributed by atoms with van der Waals surface area (Å²) in [6.07, 6.45) is 0.215. The summed E-state index contributed by atoms with van der Waals surface area (Å²) in [6, 6.07) is 14.7. The molecule has 0 aliphatic heterocycles. The van der Waals surface area contributed by atoms with Crippen LogP contribution in [0.4, 0.5) is 0 Å². The number of aryl methyl sites for hydroxylation is 1. The van der Waals surface area contributed by atoms with Crippen LogP contribution in [0.1, 0.15) is 30.9 Å². The van der Waals surface area contributed by atoms with Crippen LogP contribution in [-0.4, -0.2) is 58.3 Å². The maximum Gasteiger partial charge on any atom is 0.247 e. The molecule has 2 amide bonds. The predicted molar refractivity (Wildman–Crippen MR) is 138 cm³/mol. The van der Waals surface area contributed by atoms with Crippen LogP contribution in [0.25, 0.3) is 0 Å². The van der Waals surface area contributed by atoms with Crippen molar-refractivity contribution >= 4 is 34.4 Å². The molecule has 2 aromatic carbocycles. The zero-order chi connectivity index (χ0) is 24.7. The Labute approximate surface area is 213 Å². The summed E-state index contributed by atoms with van der Waals surface area (Å²) < 4.78 is 7.01. The van der Waals surface area contributed by atoms with E-state index in [1.165, 1.54) is 0 Å². The largest absolute Gasteiger partial charge is 0.482 e. The molecule has 0 radical (unpaired) electrons. The van der Waals surface area contributed by atoms with Crippen molar-refractivity contribution in [1.29, 1.82) is 0 Å². The molecule has 0 unspecified atom stereocenters. The number of benzene rings is 2. The minimum atomic E-state index is -1.04. The first-order valence-electron chi connectivity index (χ1n) is 11.4. The lowest BCUT2D eigenvalue weighted by Crippen LogP contribution is -2.54. The number of para-hydroxylation sites is 1. The third-order valence-electron chi connectivity index (χ3n) is 5.81. The van der Waals surface area contributed by atoms with Crippen LogP contribution < -0.4 is 10.1 Å². The molecule has 0 fully saturated rings. The maximum absolute atomic E-state index is 13.0. The molecule has 1 aliphatic rings. The van der Waals surface area contributed by atoms with Gasteiger partial charge >= 0.3 is 0 Å². The molecule has 7 nitrogen and oxygen atoms in total. The Morgan fingerprint density at radius 3 is 2.53 bits per heavy atom. The highest BCUT2D eigenvalue weighted by atomic mass is 127. The van der Waals surface area contributed by atoms with Gasteiger partial charge in [-0.2, -0.15) is 0 Å². The van der Waals surface area contributed by atoms with Gasteiger partial charge in [-0.15, -0.1) is 0 Å². The topological polar surface area (TPSA) is 99.1 Å². The van der Waals surface area contributed by atoms with Crippen molar-refractivity contribution in [2.75, 3.05) is 13.2 Å². The summed E-state index contributed by atoms with van der Waals surface area (Å²) in [5.41, 5.74) is 2.47. The normalized spacial score (nSPS) is 19.8. The van der Waals surface area contributed by atoms with Crippen LogP contribution in [0.3, 0.4) is 0 Å². The highest BCUT2D eigenvalue weighted by molar-refractivity contribution is 14.1. The Hall–Kier alpha value is -2.43. The number of ether oxygens (including phenoxy) is 1. The van der Waals surface area contributed by atoms with Crippen LogP contribution in [0.5, 0.6) is 5.75 Å². The third kappa shape index (κ3) is 6.58. The Morgan fingerprint density at radius 2 is 1.88 bits per heavy atom. The van der Waals surface area contributed by atoms with Gasteiger partial charge in [-0.3, -0.25) is 9.59 Å². The number of nitrogens with one attached hydrogen (secondary N) is 1. The fraction of sp³-hybridized carbons (Fsp3) is 0.385. The number of hydrogen-bond acceptors (Lipinski definition) is 5. The lowest BCUT2D eigenvalue weighted by molar-refractivity contribution is -0.139. The summed E-state index contributed by atoms with van der Waals surface area (Å²) in [7, 11) is 0. The first-order valence-corrected chi connectivity index (χ1v) is 12.5. The highest BCUT2D eigenvalue weighted by Gasteiger charge is 2.40. The van der Waals surface area contributed by atoms with Gasteiger partial charge in [-0.05, 0) is 53.3 Å². The van der Waals surface area contributed by atoms with Crippen LogP contribution >= 0.6 is 22.6 Å². The number of amides is 2. The Morgan fingerprint density at radius 1 is 1.18 bits per heavy atom. The zero-order valence-corrected chi connectivity index (χ0v) is 21.6. The number of halogens is 1. The summed E-state index contributed by atoms with van der Waals surface area (Å²) in [4.78, 5) is 27.5. The van der Waals surface area contributed by atoms with Gasteiger partial charge in [0, 0.05) is 31.5 Å². The second-order valence-electron chi connectivity index (χ2n) is 8.31. The summed E-state index contributed by atoms with van der Waals surface area (Å²) >= 11 is 2.15. The fourth-order valence-corrected chi connectivity index (χ4v) is 4.46. The van der Waals surface area contributed by atoms with Crippen molar-refractivity contribution in [3.63, 3.8) is 0 Å². The monoisotopic (exact) mass is 578 g/mol. The first-order chi connectivity index (χ1) is 16.3. The molecule has 8 heteroatoms. The summed E-state index contributed by atoms with van der Waals surface area (Å²) in [5.74, 6) is 0.127. The molecule has 0 heterocycles. The summed E-state index contributed by atoms with van der Waals surface area (Å²) in [5, 5.41) is 23.1. The third-order valence-corrected chi connectivity index (χ3v) is 6.70. The van der Waals surface area contributed by atoms with E-state index >= 15 is 0 Å². The lowest BCUT2D eigenvalue weighted by atomic mass is 9.87. The average molecular weight is 578 g/mol. The van der Waals surface area contributed by atoms with Gasteiger partial charge in [0.05, 0.1) is 16.2 Å². The number of aliphatic hydroxyl groups excluding tert-OH is 2. The molecule has 3 rings (SSSR count). The average Bonchev–Trinajstić information content (AvgIpc) is 2.84. The van der Waals surface area contributed by atoms with Crippen LogP contribution in [-0.2, 0) is 16.1 Å². The van der Waals surface area contributed by atoms with Crippen molar-refractivity contribution in [1.82, 2.24) is 10.2 Å². The Bertz CT molecular complexity index is 1020. The number of carbonyl (C=O) groups excluding carboxylic acids is 2. The molecule has 0 spiro atoms. The molecule has 3 N–H and O–H groups in total. The number of nitrogens with zero attached hydrogens (tertiary/aromatic N) is 1. The fourth-order valence-electron chi connectivity index (χ4n) is 3.95. The summed E-state index contributed by atoms with van der Waals surface area (Å²) in [6.45, 7) is 4.03. The van der Waals surface area contributed by atoms with Gasteiger partial charge in [0.25, 0.3) is 0 Å².